The largest absolute Gasteiger partial charge is 0.481 e. The molecule has 19 heavy (non-hydrogen) atoms. The number of carbonyl (C=O) groups is 2. The molecule has 6 heteroatoms. The molecular formula is C13H19N3O3. The number of carbonyl (C=O) groups excluding carboxylic acids is 1. The molecule has 0 saturated carbocycles. The predicted octanol–water partition coefficient (Wildman–Crippen LogP) is 1.55. The minimum absolute atomic E-state index is 0.106. The second-order valence-corrected chi connectivity index (χ2v) is 4.57. The summed E-state index contributed by atoms with van der Waals surface area (Å²) in [5.74, 6) is -1.32. The Morgan fingerprint density at radius 2 is 1.89 bits per heavy atom. The number of aryl methyl sites for hydroxylation is 1. The second-order valence-electron chi connectivity index (χ2n) is 4.57. The number of carboxylic acids is 1. The summed E-state index contributed by atoms with van der Waals surface area (Å²) in [5, 5.41) is 19.3. The van der Waals surface area contributed by atoms with Crippen molar-refractivity contribution >= 4 is 11.9 Å². The summed E-state index contributed by atoms with van der Waals surface area (Å²) in [7, 11) is 0. The van der Waals surface area contributed by atoms with Crippen LogP contribution in [0.2, 0.25) is 0 Å². The number of hydrogen-bond donors (Lipinski definition) is 2. The van der Waals surface area contributed by atoms with E-state index in [1.165, 1.54) is 0 Å². The molecule has 1 heterocycles. The highest BCUT2D eigenvalue weighted by atomic mass is 16.4. The van der Waals surface area contributed by atoms with E-state index < -0.39 is 17.4 Å². The van der Waals surface area contributed by atoms with Crippen LogP contribution < -0.4 is 5.32 Å². The van der Waals surface area contributed by atoms with Crippen molar-refractivity contribution in [1.29, 1.82) is 0 Å². The Hall–Kier alpha value is -1.98. The second kappa shape index (κ2) is 6.26. The summed E-state index contributed by atoms with van der Waals surface area (Å²) in [6.07, 6.45) is 0.979. The predicted molar refractivity (Wildman–Crippen MR) is 69.8 cm³/mol. The third-order valence-electron chi connectivity index (χ3n) is 3.25. The first kappa shape index (κ1) is 15.1. The Kier molecular flexibility index (Phi) is 4.97. The van der Waals surface area contributed by atoms with E-state index in [0.717, 1.165) is 5.69 Å². The summed E-state index contributed by atoms with van der Waals surface area (Å²) < 4.78 is 0. The molecule has 2 N–H and O–H groups in total. The molecule has 0 aliphatic rings. The molecule has 0 aliphatic heterocycles. The number of aromatic nitrogens is 2. The van der Waals surface area contributed by atoms with E-state index in [-0.39, 0.29) is 12.1 Å². The quantitative estimate of drug-likeness (QED) is 0.814. The topological polar surface area (TPSA) is 92.2 Å². The van der Waals surface area contributed by atoms with E-state index >= 15 is 0 Å². The van der Waals surface area contributed by atoms with E-state index in [0.29, 0.717) is 12.8 Å². The molecule has 1 rings (SSSR count). The van der Waals surface area contributed by atoms with Gasteiger partial charge in [0.05, 0.1) is 17.7 Å². The van der Waals surface area contributed by atoms with Gasteiger partial charge in [0.2, 0.25) is 0 Å². The number of nitrogens with one attached hydrogen (secondary N) is 1. The van der Waals surface area contributed by atoms with Crippen LogP contribution in [0.5, 0.6) is 0 Å². The third-order valence-corrected chi connectivity index (χ3v) is 3.25. The molecule has 104 valence electrons. The molecule has 0 atom stereocenters. The lowest BCUT2D eigenvalue weighted by molar-refractivity contribution is -0.138. The fourth-order valence-corrected chi connectivity index (χ4v) is 1.84. The highest BCUT2D eigenvalue weighted by Crippen LogP contribution is 2.20. The van der Waals surface area contributed by atoms with E-state index in [1.54, 1.807) is 19.1 Å². The van der Waals surface area contributed by atoms with Gasteiger partial charge in [0.25, 0.3) is 5.91 Å². The zero-order valence-electron chi connectivity index (χ0n) is 11.4. The molecular weight excluding hydrogens is 246 g/mol. The Morgan fingerprint density at radius 3 is 2.32 bits per heavy atom. The summed E-state index contributed by atoms with van der Waals surface area (Å²) in [4.78, 5) is 23.0. The Bertz CT molecular complexity index is 453. The number of nitrogens with zero attached hydrogens (tertiary/aromatic N) is 2. The molecule has 0 bridgehead atoms. The normalized spacial score (nSPS) is 11.1. The van der Waals surface area contributed by atoms with Crippen molar-refractivity contribution in [2.24, 2.45) is 0 Å². The van der Waals surface area contributed by atoms with Crippen molar-refractivity contribution in [1.82, 2.24) is 15.5 Å². The lowest BCUT2D eigenvalue weighted by Gasteiger charge is -2.31. The number of amides is 1. The van der Waals surface area contributed by atoms with Crippen molar-refractivity contribution in [3.63, 3.8) is 0 Å². The highest BCUT2D eigenvalue weighted by molar-refractivity contribution is 5.93. The SMILES string of the molecule is CCC(CC)(CC(=O)O)NC(=O)c1ccc(C)nn1. The maximum atomic E-state index is 12.1. The van der Waals surface area contributed by atoms with Gasteiger partial charge in [-0.15, -0.1) is 5.10 Å². The smallest absolute Gasteiger partial charge is 0.305 e. The van der Waals surface area contributed by atoms with Crippen LogP contribution in [0.3, 0.4) is 0 Å². The van der Waals surface area contributed by atoms with Crippen LogP contribution in [0.25, 0.3) is 0 Å². The fraction of sp³-hybridized carbons (Fsp3) is 0.538. The molecule has 1 aromatic rings. The first-order valence-corrected chi connectivity index (χ1v) is 6.27. The average molecular weight is 265 g/mol. The first-order valence-electron chi connectivity index (χ1n) is 6.27. The molecule has 1 aromatic heterocycles. The molecule has 0 fully saturated rings. The Labute approximate surface area is 112 Å². The number of aliphatic carboxylic acids is 1. The van der Waals surface area contributed by atoms with Crippen molar-refractivity contribution < 1.29 is 14.7 Å². The lowest BCUT2D eigenvalue weighted by Crippen LogP contribution is -2.49. The zero-order valence-corrected chi connectivity index (χ0v) is 11.4. The number of hydrogen-bond acceptors (Lipinski definition) is 4. The molecule has 0 unspecified atom stereocenters. The zero-order chi connectivity index (χ0) is 14.5. The van der Waals surface area contributed by atoms with Gasteiger partial charge in [-0.2, -0.15) is 5.10 Å². The van der Waals surface area contributed by atoms with Gasteiger partial charge < -0.3 is 10.4 Å². The van der Waals surface area contributed by atoms with Gasteiger partial charge in [-0.05, 0) is 31.9 Å². The van der Waals surface area contributed by atoms with Crippen LogP contribution in [-0.2, 0) is 4.79 Å². The highest BCUT2D eigenvalue weighted by Gasteiger charge is 2.31. The van der Waals surface area contributed by atoms with E-state index in [9.17, 15) is 9.59 Å². The molecule has 0 aromatic carbocycles. The summed E-state index contributed by atoms with van der Waals surface area (Å²) in [6.45, 7) is 5.49. The monoisotopic (exact) mass is 265 g/mol. The van der Waals surface area contributed by atoms with Crippen molar-refractivity contribution in [2.45, 2.75) is 45.6 Å². The van der Waals surface area contributed by atoms with E-state index in [2.05, 4.69) is 15.5 Å². The van der Waals surface area contributed by atoms with Crippen LogP contribution >= 0.6 is 0 Å². The summed E-state index contributed by atoms with van der Waals surface area (Å²) in [6, 6.07) is 3.27. The number of rotatable bonds is 6. The molecule has 0 saturated heterocycles. The average Bonchev–Trinajstić information content (AvgIpc) is 2.38. The standard InChI is InChI=1S/C13H19N3O3/c1-4-13(5-2,8-11(17)18)14-12(19)10-7-6-9(3)15-16-10/h6-7H,4-5,8H2,1-3H3,(H,14,19)(H,17,18). The molecule has 0 spiro atoms. The fourth-order valence-electron chi connectivity index (χ4n) is 1.84. The van der Waals surface area contributed by atoms with E-state index in [1.807, 2.05) is 13.8 Å². The molecule has 1 amide bonds. The molecule has 6 nitrogen and oxygen atoms in total. The van der Waals surface area contributed by atoms with Crippen molar-refractivity contribution in [3.05, 3.63) is 23.5 Å². The van der Waals surface area contributed by atoms with Crippen molar-refractivity contribution in [3.8, 4) is 0 Å². The third kappa shape index (κ3) is 4.01. The minimum atomic E-state index is -0.931. The van der Waals surface area contributed by atoms with Gasteiger partial charge in [0.1, 0.15) is 0 Å². The van der Waals surface area contributed by atoms with Gasteiger partial charge in [-0.25, -0.2) is 0 Å². The van der Waals surface area contributed by atoms with Gasteiger partial charge in [-0.3, -0.25) is 9.59 Å². The van der Waals surface area contributed by atoms with Gasteiger partial charge in [-0.1, -0.05) is 13.8 Å². The van der Waals surface area contributed by atoms with Crippen molar-refractivity contribution in [2.75, 3.05) is 0 Å². The maximum absolute atomic E-state index is 12.1. The maximum Gasteiger partial charge on any atom is 0.305 e. The summed E-state index contributed by atoms with van der Waals surface area (Å²) in [5.41, 5.74) is 0.178. The summed E-state index contributed by atoms with van der Waals surface area (Å²) >= 11 is 0. The van der Waals surface area contributed by atoms with Crippen LogP contribution in [0.4, 0.5) is 0 Å². The van der Waals surface area contributed by atoms with Crippen LogP contribution in [0, 0.1) is 6.92 Å². The van der Waals surface area contributed by atoms with Gasteiger partial charge in [0.15, 0.2) is 5.69 Å². The molecule has 0 radical (unpaired) electrons. The molecule has 0 aliphatic carbocycles. The van der Waals surface area contributed by atoms with Crippen LogP contribution in [0.1, 0.15) is 49.3 Å². The lowest BCUT2D eigenvalue weighted by atomic mass is 9.89. The number of carboxylic acid groups (broad SMARTS) is 1. The Morgan fingerprint density at radius 1 is 1.26 bits per heavy atom. The van der Waals surface area contributed by atoms with Gasteiger partial charge >= 0.3 is 5.97 Å². The van der Waals surface area contributed by atoms with E-state index in [4.69, 9.17) is 5.11 Å². The first-order chi connectivity index (χ1) is 8.92. The minimum Gasteiger partial charge on any atom is -0.481 e. The Balaban J connectivity index is 2.87. The van der Waals surface area contributed by atoms with Crippen LogP contribution in [0.15, 0.2) is 12.1 Å². The van der Waals surface area contributed by atoms with Gasteiger partial charge in [0, 0.05) is 0 Å². The van der Waals surface area contributed by atoms with Crippen LogP contribution in [-0.4, -0.2) is 32.7 Å².